The summed E-state index contributed by atoms with van der Waals surface area (Å²) in [4.78, 5) is 2.54. The van der Waals surface area contributed by atoms with Crippen LogP contribution in [0.15, 0.2) is 24.3 Å². The van der Waals surface area contributed by atoms with E-state index in [0.29, 0.717) is 17.6 Å². The second-order valence-corrected chi connectivity index (χ2v) is 5.14. The molecular weight excluding hydrogens is 244 g/mol. The van der Waals surface area contributed by atoms with E-state index in [-0.39, 0.29) is 0 Å². The second-order valence-electron chi connectivity index (χ2n) is 4.70. The van der Waals surface area contributed by atoms with Gasteiger partial charge in [-0.15, -0.1) is 0 Å². The molecule has 18 heavy (non-hydrogen) atoms. The lowest BCUT2D eigenvalue weighted by Crippen LogP contribution is -2.32. The first-order chi connectivity index (χ1) is 8.45. The zero-order valence-electron chi connectivity index (χ0n) is 11.3. The lowest BCUT2D eigenvalue weighted by molar-refractivity contribution is 0.107. The summed E-state index contributed by atoms with van der Waals surface area (Å²) in [7, 11) is 2.03. The molecule has 1 rings (SSSR count). The Bertz CT molecular complexity index is 391. The van der Waals surface area contributed by atoms with Gasteiger partial charge in [0, 0.05) is 18.2 Å². The van der Waals surface area contributed by atoms with Gasteiger partial charge >= 0.3 is 0 Å². The van der Waals surface area contributed by atoms with Crippen molar-refractivity contribution in [3.05, 3.63) is 35.4 Å². The molecule has 4 heteroatoms. The Hall–Kier alpha value is -0.970. The molecule has 0 saturated heterocycles. The lowest BCUT2D eigenvalue weighted by Gasteiger charge is -2.26. The van der Waals surface area contributed by atoms with Crippen LogP contribution in [-0.2, 0) is 0 Å². The quantitative estimate of drug-likeness (QED) is 0.774. The van der Waals surface area contributed by atoms with Crippen molar-refractivity contribution in [3.63, 3.8) is 0 Å². The fourth-order valence-corrected chi connectivity index (χ4v) is 1.88. The Morgan fingerprint density at radius 2 is 1.94 bits per heavy atom. The minimum Gasteiger partial charge on any atom is -0.389 e. The fourth-order valence-electron chi connectivity index (χ4n) is 1.74. The van der Waals surface area contributed by atoms with Crippen molar-refractivity contribution < 1.29 is 5.11 Å². The topological polar surface area (TPSA) is 49.5 Å². The first-order valence-corrected chi connectivity index (χ1v) is 6.64. The average molecular weight is 266 g/mol. The Kier molecular flexibility index (Phi) is 5.72. The maximum absolute atomic E-state index is 10.2. The van der Waals surface area contributed by atoms with E-state index in [4.69, 9.17) is 18.0 Å². The lowest BCUT2D eigenvalue weighted by atomic mass is 10.1. The highest BCUT2D eigenvalue weighted by Crippen LogP contribution is 2.16. The maximum Gasteiger partial charge on any atom is 0.103 e. The number of likely N-dealkylation sites (N-methyl/N-ethyl adjacent to an activating group) is 1. The monoisotopic (exact) mass is 266 g/mol. The van der Waals surface area contributed by atoms with E-state index in [1.165, 1.54) is 0 Å². The number of nitrogens with zero attached hydrogens (tertiary/aromatic N) is 1. The fraction of sp³-hybridized carbons (Fsp3) is 0.500. The molecule has 0 spiro atoms. The number of rotatable bonds is 6. The Morgan fingerprint density at radius 3 is 2.39 bits per heavy atom. The zero-order valence-corrected chi connectivity index (χ0v) is 12.1. The minimum absolute atomic E-state index is 0.382. The van der Waals surface area contributed by atoms with Crippen LogP contribution in [0.5, 0.6) is 0 Å². The second kappa shape index (κ2) is 6.83. The predicted molar refractivity (Wildman–Crippen MR) is 79.7 cm³/mol. The Morgan fingerprint density at radius 1 is 1.39 bits per heavy atom. The molecular formula is C14H22N2OS. The van der Waals surface area contributed by atoms with Crippen molar-refractivity contribution in [2.75, 3.05) is 13.6 Å². The Balaban J connectivity index is 2.66. The minimum atomic E-state index is -0.482. The van der Waals surface area contributed by atoms with Crippen LogP contribution in [0.3, 0.4) is 0 Å². The zero-order chi connectivity index (χ0) is 13.7. The van der Waals surface area contributed by atoms with E-state index in [2.05, 4.69) is 18.7 Å². The van der Waals surface area contributed by atoms with E-state index < -0.39 is 6.10 Å². The van der Waals surface area contributed by atoms with Crippen LogP contribution in [0, 0.1) is 0 Å². The van der Waals surface area contributed by atoms with Gasteiger partial charge in [0.1, 0.15) is 4.99 Å². The molecule has 0 amide bonds. The normalized spacial score (nSPS) is 14.5. The summed E-state index contributed by atoms with van der Waals surface area (Å²) in [5.74, 6) is 0. The van der Waals surface area contributed by atoms with Gasteiger partial charge in [0.25, 0.3) is 0 Å². The van der Waals surface area contributed by atoms with E-state index >= 15 is 0 Å². The van der Waals surface area contributed by atoms with Crippen molar-refractivity contribution in [1.82, 2.24) is 4.90 Å². The van der Waals surface area contributed by atoms with Crippen molar-refractivity contribution in [2.24, 2.45) is 5.73 Å². The summed E-state index contributed by atoms with van der Waals surface area (Å²) in [6.07, 6.45) is 0.591. The number of hydrogen-bond acceptors (Lipinski definition) is 3. The standard InChI is InChI=1S/C14H22N2OS/c1-4-10(2)16(3)9-13(17)11-5-7-12(8-6-11)14(15)18/h5-8,10,13,17H,4,9H2,1-3H3,(H2,15,18). The van der Waals surface area contributed by atoms with Gasteiger partial charge in [0.15, 0.2) is 0 Å². The summed E-state index contributed by atoms with van der Waals surface area (Å²) in [6, 6.07) is 7.93. The molecule has 100 valence electrons. The summed E-state index contributed by atoms with van der Waals surface area (Å²) < 4.78 is 0. The number of benzene rings is 1. The molecule has 2 unspecified atom stereocenters. The maximum atomic E-state index is 10.2. The summed E-state index contributed by atoms with van der Waals surface area (Å²) in [5.41, 5.74) is 7.26. The summed E-state index contributed by atoms with van der Waals surface area (Å²) in [6.45, 7) is 4.93. The molecule has 0 aliphatic heterocycles. The molecule has 3 nitrogen and oxygen atoms in total. The highest BCUT2D eigenvalue weighted by Gasteiger charge is 2.14. The molecule has 0 fully saturated rings. The van der Waals surface area contributed by atoms with Gasteiger partial charge in [0.05, 0.1) is 6.10 Å². The van der Waals surface area contributed by atoms with Gasteiger partial charge in [-0.1, -0.05) is 43.4 Å². The highest BCUT2D eigenvalue weighted by molar-refractivity contribution is 7.80. The molecule has 2 atom stereocenters. The third-order valence-electron chi connectivity index (χ3n) is 3.38. The van der Waals surface area contributed by atoms with E-state index in [9.17, 15) is 5.11 Å². The van der Waals surface area contributed by atoms with Gasteiger partial charge in [-0.2, -0.15) is 0 Å². The molecule has 0 aliphatic carbocycles. The molecule has 0 saturated carbocycles. The summed E-state index contributed by atoms with van der Waals surface area (Å²) in [5, 5.41) is 10.2. The molecule has 0 bridgehead atoms. The smallest absolute Gasteiger partial charge is 0.103 e. The van der Waals surface area contributed by atoms with Crippen LogP contribution in [0.25, 0.3) is 0 Å². The van der Waals surface area contributed by atoms with Gasteiger partial charge in [-0.3, -0.25) is 0 Å². The van der Waals surface area contributed by atoms with Crippen molar-refractivity contribution in [2.45, 2.75) is 32.4 Å². The largest absolute Gasteiger partial charge is 0.389 e. The van der Waals surface area contributed by atoms with Gasteiger partial charge in [0.2, 0.25) is 0 Å². The van der Waals surface area contributed by atoms with E-state index in [1.54, 1.807) is 0 Å². The highest BCUT2D eigenvalue weighted by atomic mass is 32.1. The van der Waals surface area contributed by atoms with E-state index in [1.807, 2.05) is 31.3 Å². The molecule has 3 N–H and O–H groups in total. The van der Waals surface area contributed by atoms with Crippen LogP contribution in [0.4, 0.5) is 0 Å². The van der Waals surface area contributed by atoms with Crippen LogP contribution >= 0.6 is 12.2 Å². The number of hydrogen-bond donors (Lipinski definition) is 2. The first kappa shape index (κ1) is 15.1. The van der Waals surface area contributed by atoms with Crippen LogP contribution in [-0.4, -0.2) is 34.6 Å². The van der Waals surface area contributed by atoms with Crippen LogP contribution in [0.1, 0.15) is 37.5 Å². The number of nitrogens with two attached hydrogens (primary N) is 1. The van der Waals surface area contributed by atoms with Gasteiger partial charge in [-0.05, 0) is 26.0 Å². The van der Waals surface area contributed by atoms with E-state index in [0.717, 1.165) is 17.5 Å². The number of thiocarbonyl (C=S) groups is 1. The van der Waals surface area contributed by atoms with Crippen molar-refractivity contribution in [1.29, 1.82) is 0 Å². The van der Waals surface area contributed by atoms with Crippen molar-refractivity contribution >= 4 is 17.2 Å². The third-order valence-corrected chi connectivity index (χ3v) is 3.62. The van der Waals surface area contributed by atoms with Gasteiger partial charge in [-0.25, -0.2) is 0 Å². The van der Waals surface area contributed by atoms with Crippen molar-refractivity contribution in [3.8, 4) is 0 Å². The molecule has 1 aromatic carbocycles. The number of aliphatic hydroxyl groups is 1. The first-order valence-electron chi connectivity index (χ1n) is 6.23. The molecule has 0 aliphatic rings. The van der Waals surface area contributed by atoms with Crippen LogP contribution in [0.2, 0.25) is 0 Å². The average Bonchev–Trinajstić information content (AvgIpc) is 2.37. The Labute approximate surface area is 115 Å². The van der Waals surface area contributed by atoms with Crippen LogP contribution < -0.4 is 5.73 Å². The SMILES string of the molecule is CCC(C)N(C)CC(O)c1ccc(C(N)=S)cc1. The summed E-state index contributed by atoms with van der Waals surface area (Å²) >= 11 is 4.90. The molecule has 0 radical (unpaired) electrons. The van der Waals surface area contributed by atoms with Gasteiger partial charge < -0.3 is 15.7 Å². The molecule has 1 aromatic rings. The molecule has 0 aromatic heterocycles. The third kappa shape index (κ3) is 4.05. The predicted octanol–water partition coefficient (Wildman–Crippen LogP) is 2.08. The number of aliphatic hydroxyl groups excluding tert-OH is 1. The molecule has 0 heterocycles.